The van der Waals surface area contributed by atoms with Gasteiger partial charge in [0.25, 0.3) is 5.91 Å². The van der Waals surface area contributed by atoms with Crippen LogP contribution in [0.5, 0.6) is 5.75 Å². The van der Waals surface area contributed by atoms with Gasteiger partial charge in [0, 0.05) is 42.0 Å². The largest absolute Gasteiger partial charge is 0.488 e. The summed E-state index contributed by atoms with van der Waals surface area (Å²) >= 11 is 3.26. The molecule has 2 aromatic heterocycles. The summed E-state index contributed by atoms with van der Waals surface area (Å²) in [7, 11) is 0. The summed E-state index contributed by atoms with van der Waals surface area (Å²) in [6, 6.07) is 3.57. The zero-order valence-corrected chi connectivity index (χ0v) is 16.2. The van der Waals surface area contributed by atoms with Crippen LogP contribution in [0.3, 0.4) is 0 Å². The molecule has 1 saturated heterocycles. The third kappa shape index (κ3) is 4.93. The second-order valence-electron chi connectivity index (χ2n) is 6.00. The lowest BCUT2D eigenvalue weighted by Gasteiger charge is -2.37. The lowest BCUT2D eigenvalue weighted by molar-refractivity contribution is 0.0832. The van der Waals surface area contributed by atoms with Crippen molar-refractivity contribution < 1.29 is 9.53 Å². The number of anilines is 1. The number of thiazole rings is 1. The molecule has 3 heterocycles. The average Bonchev–Trinajstić information content (AvgIpc) is 2.94. The van der Waals surface area contributed by atoms with Crippen LogP contribution in [0, 0.1) is 13.8 Å². The van der Waals surface area contributed by atoms with Gasteiger partial charge in [-0.05, 0) is 20.3 Å². The summed E-state index contributed by atoms with van der Waals surface area (Å²) in [5.74, 6) is 1.57. The number of carbonyl (C=O) groups is 1. The van der Waals surface area contributed by atoms with E-state index in [9.17, 15) is 4.79 Å². The van der Waals surface area contributed by atoms with E-state index >= 15 is 0 Å². The number of nitrogens with one attached hydrogen (secondary N) is 1. The molecule has 0 aromatic carbocycles. The van der Waals surface area contributed by atoms with E-state index < -0.39 is 0 Å². The summed E-state index contributed by atoms with van der Waals surface area (Å²) in [5, 5.41) is 5.26. The van der Waals surface area contributed by atoms with Crippen LogP contribution in [0.2, 0.25) is 0 Å². The molecule has 0 spiro atoms. The minimum Gasteiger partial charge on any atom is -0.488 e. The predicted molar refractivity (Wildman–Crippen MR) is 103 cm³/mol. The lowest BCUT2D eigenvalue weighted by atomic mass is 10.2. The highest BCUT2D eigenvalue weighted by Crippen LogP contribution is 2.25. The van der Waals surface area contributed by atoms with Crippen LogP contribution in [-0.4, -0.2) is 45.1 Å². The second-order valence-corrected chi connectivity index (χ2v) is 8.04. The Hall–Kier alpha value is -1.64. The van der Waals surface area contributed by atoms with E-state index in [0.717, 1.165) is 30.2 Å². The molecule has 3 rings (SSSR count). The van der Waals surface area contributed by atoms with Gasteiger partial charge in [-0.1, -0.05) is 18.9 Å². The van der Waals surface area contributed by atoms with Crippen molar-refractivity contribution in [3.05, 3.63) is 34.6 Å². The van der Waals surface area contributed by atoms with Crippen LogP contribution < -0.4 is 10.1 Å². The molecule has 6 nitrogen and oxygen atoms in total. The number of amides is 1. The fraction of sp³-hybridized carbons (Fsp3) is 0.471. The standard InChI is InChI=1S/C17H22N4O2S2/c1-4-5-25-21-8-14(9-21)23-13-6-11(2)18-15(7-13)16(22)20-17-19-12(3)10-24-17/h6-7,10,14H,4-5,8-9H2,1-3H3,(H,19,20,22). The fourth-order valence-electron chi connectivity index (χ4n) is 2.39. The Labute approximate surface area is 156 Å². The molecular weight excluding hydrogens is 356 g/mol. The van der Waals surface area contributed by atoms with E-state index in [1.807, 2.05) is 37.2 Å². The number of hydrogen-bond donors (Lipinski definition) is 1. The molecule has 1 aliphatic rings. The summed E-state index contributed by atoms with van der Waals surface area (Å²) < 4.78 is 8.30. The average molecular weight is 379 g/mol. The topological polar surface area (TPSA) is 67.3 Å². The predicted octanol–water partition coefficient (Wildman–Crippen LogP) is 3.53. The third-order valence-electron chi connectivity index (χ3n) is 3.59. The maximum Gasteiger partial charge on any atom is 0.276 e. The molecule has 1 fully saturated rings. The van der Waals surface area contributed by atoms with Gasteiger partial charge in [-0.2, -0.15) is 0 Å². The SMILES string of the molecule is CCCSN1CC(Oc2cc(C)nc(C(=O)Nc3nc(C)cs3)c2)C1. The molecule has 1 N–H and O–H groups in total. The van der Waals surface area contributed by atoms with E-state index in [1.54, 1.807) is 6.07 Å². The first-order valence-electron chi connectivity index (χ1n) is 8.30. The number of rotatable bonds is 7. The number of nitrogens with zero attached hydrogens (tertiary/aromatic N) is 3. The Morgan fingerprint density at radius 2 is 2.16 bits per heavy atom. The van der Waals surface area contributed by atoms with Crippen molar-refractivity contribution in [2.24, 2.45) is 0 Å². The normalized spacial score (nSPS) is 15.0. The summed E-state index contributed by atoms with van der Waals surface area (Å²) in [5.41, 5.74) is 1.99. The van der Waals surface area contributed by atoms with Crippen LogP contribution in [0.15, 0.2) is 17.5 Å². The molecule has 0 aliphatic carbocycles. The molecule has 8 heteroatoms. The minimum atomic E-state index is -0.267. The molecule has 0 radical (unpaired) electrons. The van der Waals surface area contributed by atoms with Crippen LogP contribution in [0.1, 0.15) is 35.2 Å². The van der Waals surface area contributed by atoms with Crippen LogP contribution in [0.4, 0.5) is 5.13 Å². The second kappa shape index (κ2) is 8.16. The molecule has 1 aliphatic heterocycles. The number of aryl methyl sites for hydroxylation is 2. The summed E-state index contributed by atoms with van der Waals surface area (Å²) in [4.78, 5) is 21.0. The number of pyridine rings is 1. The van der Waals surface area contributed by atoms with Crippen molar-refractivity contribution in [2.75, 3.05) is 24.2 Å². The molecule has 1 amide bonds. The van der Waals surface area contributed by atoms with Crippen molar-refractivity contribution in [3.63, 3.8) is 0 Å². The van der Waals surface area contributed by atoms with Gasteiger partial charge in [-0.25, -0.2) is 14.3 Å². The molecule has 0 bridgehead atoms. The first-order chi connectivity index (χ1) is 12.0. The van der Waals surface area contributed by atoms with Crippen molar-refractivity contribution >= 4 is 34.3 Å². The maximum atomic E-state index is 12.4. The van der Waals surface area contributed by atoms with Gasteiger partial charge in [0.05, 0.1) is 5.69 Å². The molecule has 134 valence electrons. The quantitative estimate of drug-likeness (QED) is 0.744. The fourth-order valence-corrected chi connectivity index (χ4v) is 4.05. The zero-order valence-electron chi connectivity index (χ0n) is 14.6. The highest BCUT2D eigenvalue weighted by atomic mass is 32.2. The maximum absolute atomic E-state index is 12.4. The Kier molecular flexibility index (Phi) is 5.93. The van der Waals surface area contributed by atoms with Gasteiger partial charge in [0.15, 0.2) is 5.13 Å². The van der Waals surface area contributed by atoms with Gasteiger partial charge in [0.2, 0.25) is 0 Å². The Bertz CT molecular complexity index is 744. The first kappa shape index (κ1) is 18.2. The highest BCUT2D eigenvalue weighted by molar-refractivity contribution is 7.97. The van der Waals surface area contributed by atoms with Gasteiger partial charge in [-0.3, -0.25) is 10.1 Å². The van der Waals surface area contributed by atoms with E-state index in [2.05, 4.69) is 26.5 Å². The minimum absolute atomic E-state index is 0.170. The van der Waals surface area contributed by atoms with E-state index in [4.69, 9.17) is 4.74 Å². The van der Waals surface area contributed by atoms with E-state index in [1.165, 1.54) is 17.8 Å². The summed E-state index contributed by atoms with van der Waals surface area (Å²) in [6.07, 6.45) is 1.34. The van der Waals surface area contributed by atoms with Crippen LogP contribution >= 0.6 is 23.3 Å². The van der Waals surface area contributed by atoms with Crippen LogP contribution in [-0.2, 0) is 0 Å². The number of carbonyl (C=O) groups excluding carboxylic acids is 1. The van der Waals surface area contributed by atoms with Gasteiger partial charge in [-0.15, -0.1) is 11.3 Å². The highest BCUT2D eigenvalue weighted by Gasteiger charge is 2.29. The molecular formula is C17H22N4O2S2. The molecule has 0 atom stereocenters. The number of ether oxygens (including phenoxy) is 1. The van der Waals surface area contributed by atoms with Gasteiger partial charge < -0.3 is 4.74 Å². The summed E-state index contributed by atoms with van der Waals surface area (Å²) in [6.45, 7) is 7.75. The molecule has 0 unspecified atom stereocenters. The number of aromatic nitrogens is 2. The van der Waals surface area contributed by atoms with Crippen molar-refractivity contribution in [1.82, 2.24) is 14.3 Å². The Balaban J connectivity index is 1.60. The van der Waals surface area contributed by atoms with E-state index in [-0.39, 0.29) is 12.0 Å². The van der Waals surface area contributed by atoms with Crippen molar-refractivity contribution in [2.45, 2.75) is 33.3 Å². The smallest absolute Gasteiger partial charge is 0.276 e. The third-order valence-corrected chi connectivity index (χ3v) is 5.72. The Morgan fingerprint density at radius 3 is 2.84 bits per heavy atom. The van der Waals surface area contributed by atoms with Crippen LogP contribution in [0.25, 0.3) is 0 Å². The lowest BCUT2D eigenvalue weighted by Crippen LogP contribution is -2.50. The zero-order chi connectivity index (χ0) is 17.8. The Morgan fingerprint density at radius 1 is 1.36 bits per heavy atom. The number of hydrogen-bond acceptors (Lipinski definition) is 7. The van der Waals surface area contributed by atoms with Gasteiger partial charge >= 0.3 is 0 Å². The van der Waals surface area contributed by atoms with Crippen molar-refractivity contribution in [3.8, 4) is 5.75 Å². The molecule has 25 heavy (non-hydrogen) atoms. The molecule has 2 aromatic rings. The van der Waals surface area contributed by atoms with E-state index in [0.29, 0.717) is 16.6 Å². The molecule has 0 saturated carbocycles. The van der Waals surface area contributed by atoms with Gasteiger partial charge in [0.1, 0.15) is 17.5 Å². The monoisotopic (exact) mass is 378 g/mol. The van der Waals surface area contributed by atoms with Crippen molar-refractivity contribution in [1.29, 1.82) is 0 Å². The first-order valence-corrected chi connectivity index (χ1v) is 10.1.